The van der Waals surface area contributed by atoms with E-state index in [1.165, 1.54) is 17.3 Å². The molecule has 1 rings (SSSR count). The molecule has 0 aliphatic heterocycles. The van der Waals surface area contributed by atoms with E-state index in [0.29, 0.717) is 17.9 Å². The van der Waals surface area contributed by atoms with E-state index in [2.05, 4.69) is 5.32 Å². The minimum absolute atomic E-state index is 0.0952. The third kappa shape index (κ3) is 5.63. The largest absolute Gasteiger partial charge is 0.480 e. The zero-order valence-corrected chi connectivity index (χ0v) is 12.5. The maximum Gasteiger partial charge on any atom is 0.320 e. The minimum Gasteiger partial charge on any atom is -0.480 e. The van der Waals surface area contributed by atoms with Gasteiger partial charge in [0, 0.05) is 5.69 Å². The smallest absolute Gasteiger partial charge is 0.320 e. The van der Waals surface area contributed by atoms with Crippen LogP contribution in [0.15, 0.2) is 18.2 Å². The van der Waals surface area contributed by atoms with Crippen LogP contribution >= 0.6 is 11.8 Å². The van der Waals surface area contributed by atoms with Crippen molar-refractivity contribution in [3.05, 3.63) is 29.3 Å². The van der Waals surface area contributed by atoms with Crippen LogP contribution in [0, 0.1) is 13.8 Å². The monoisotopic (exact) mass is 296 g/mol. The molecule has 1 atom stereocenters. The molecule has 1 amide bonds. The first-order valence-electron chi connectivity index (χ1n) is 6.33. The number of benzene rings is 1. The summed E-state index contributed by atoms with van der Waals surface area (Å²) in [7, 11) is 0. The number of anilines is 1. The van der Waals surface area contributed by atoms with E-state index in [1.807, 2.05) is 32.0 Å². The van der Waals surface area contributed by atoms with Gasteiger partial charge >= 0.3 is 5.97 Å². The van der Waals surface area contributed by atoms with Crippen molar-refractivity contribution >= 4 is 29.3 Å². The number of nitrogens with one attached hydrogen (secondary N) is 1. The summed E-state index contributed by atoms with van der Waals surface area (Å²) in [5, 5.41) is 11.4. The lowest BCUT2D eigenvalue weighted by molar-refractivity contribution is -0.138. The molecule has 5 nitrogen and oxygen atoms in total. The van der Waals surface area contributed by atoms with Crippen LogP contribution in [0.25, 0.3) is 0 Å². The quantitative estimate of drug-likeness (QED) is 0.667. The van der Waals surface area contributed by atoms with Crippen LogP contribution < -0.4 is 11.1 Å². The van der Waals surface area contributed by atoms with E-state index in [-0.39, 0.29) is 5.91 Å². The molecule has 110 valence electrons. The second-order valence-corrected chi connectivity index (χ2v) is 5.74. The number of hydrogen-bond donors (Lipinski definition) is 3. The Bertz CT molecular complexity index is 491. The van der Waals surface area contributed by atoms with Crippen LogP contribution in [0.2, 0.25) is 0 Å². The molecule has 0 spiro atoms. The fourth-order valence-corrected chi connectivity index (χ4v) is 2.34. The highest BCUT2D eigenvalue weighted by molar-refractivity contribution is 7.99. The highest BCUT2D eigenvalue weighted by Crippen LogP contribution is 2.14. The zero-order valence-electron chi connectivity index (χ0n) is 11.7. The molecular formula is C14H20N2O3S. The number of rotatable bonds is 7. The van der Waals surface area contributed by atoms with Crippen molar-refractivity contribution in [3.8, 4) is 0 Å². The summed E-state index contributed by atoms with van der Waals surface area (Å²) in [4.78, 5) is 22.2. The van der Waals surface area contributed by atoms with Crippen molar-refractivity contribution in [2.45, 2.75) is 26.3 Å². The van der Waals surface area contributed by atoms with Crippen molar-refractivity contribution in [1.82, 2.24) is 0 Å². The number of carbonyl (C=O) groups is 2. The fourth-order valence-electron chi connectivity index (χ4n) is 1.51. The molecule has 0 fully saturated rings. The van der Waals surface area contributed by atoms with Gasteiger partial charge in [0.2, 0.25) is 5.91 Å². The van der Waals surface area contributed by atoms with Gasteiger partial charge in [-0.15, -0.1) is 0 Å². The van der Waals surface area contributed by atoms with Crippen molar-refractivity contribution in [3.63, 3.8) is 0 Å². The molecule has 0 aliphatic rings. The predicted octanol–water partition coefficient (Wildman–Crippen LogP) is 1.78. The third-order valence-corrected chi connectivity index (χ3v) is 3.90. The maximum atomic E-state index is 11.7. The van der Waals surface area contributed by atoms with Gasteiger partial charge in [0.15, 0.2) is 0 Å². The highest BCUT2D eigenvalue weighted by atomic mass is 32.2. The van der Waals surface area contributed by atoms with E-state index in [0.717, 1.165) is 11.3 Å². The molecule has 0 aliphatic carbocycles. The Hall–Kier alpha value is -1.53. The maximum absolute atomic E-state index is 11.7. The zero-order chi connectivity index (χ0) is 15.1. The van der Waals surface area contributed by atoms with Crippen LogP contribution in [0.5, 0.6) is 0 Å². The predicted molar refractivity (Wildman–Crippen MR) is 82.1 cm³/mol. The molecule has 20 heavy (non-hydrogen) atoms. The van der Waals surface area contributed by atoms with E-state index in [1.54, 1.807) is 0 Å². The second-order valence-electron chi connectivity index (χ2n) is 4.63. The lowest BCUT2D eigenvalue weighted by atomic mass is 10.1. The summed E-state index contributed by atoms with van der Waals surface area (Å²) in [6.07, 6.45) is 0.358. The van der Waals surface area contributed by atoms with Crippen molar-refractivity contribution < 1.29 is 14.7 Å². The molecule has 4 N–H and O–H groups in total. The minimum atomic E-state index is -1.01. The van der Waals surface area contributed by atoms with Crippen molar-refractivity contribution in [1.29, 1.82) is 0 Å². The number of aryl methyl sites for hydroxylation is 2. The standard InChI is InChI=1S/C14H20N2O3S/c1-9-3-4-11(7-10(9)2)16-13(17)8-20-6-5-12(15)14(18)19/h3-4,7,12H,5-6,8,15H2,1-2H3,(H,16,17)(H,18,19). The topological polar surface area (TPSA) is 92.4 Å². The number of carbonyl (C=O) groups excluding carboxylic acids is 1. The highest BCUT2D eigenvalue weighted by Gasteiger charge is 2.11. The van der Waals surface area contributed by atoms with Gasteiger partial charge in [0.05, 0.1) is 5.75 Å². The number of amides is 1. The lowest BCUT2D eigenvalue weighted by Gasteiger charge is -2.08. The van der Waals surface area contributed by atoms with E-state index >= 15 is 0 Å². The van der Waals surface area contributed by atoms with Crippen LogP contribution in [-0.2, 0) is 9.59 Å². The number of nitrogens with two attached hydrogens (primary N) is 1. The Labute approximate surface area is 122 Å². The Balaban J connectivity index is 2.30. The van der Waals surface area contributed by atoms with Gasteiger partial charge in [-0.05, 0) is 49.3 Å². The van der Waals surface area contributed by atoms with Gasteiger partial charge in [-0.2, -0.15) is 11.8 Å². The van der Waals surface area contributed by atoms with Gasteiger partial charge in [0.25, 0.3) is 0 Å². The van der Waals surface area contributed by atoms with Gasteiger partial charge in [-0.1, -0.05) is 6.07 Å². The number of aliphatic carboxylic acids is 1. The Morgan fingerprint density at radius 3 is 2.65 bits per heavy atom. The molecule has 6 heteroatoms. The molecule has 0 heterocycles. The van der Waals surface area contributed by atoms with E-state index in [4.69, 9.17) is 10.8 Å². The summed E-state index contributed by atoms with van der Waals surface area (Å²) >= 11 is 1.38. The second kappa shape index (κ2) is 7.91. The summed E-state index contributed by atoms with van der Waals surface area (Å²) in [5.74, 6) is -0.264. The molecule has 1 unspecified atom stereocenters. The molecule has 0 aromatic heterocycles. The van der Waals surface area contributed by atoms with Gasteiger partial charge in [-0.3, -0.25) is 9.59 Å². The number of thioether (sulfide) groups is 1. The van der Waals surface area contributed by atoms with E-state index < -0.39 is 12.0 Å². The van der Waals surface area contributed by atoms with Crippen LogP contribution in [-0.4, -0.2) is 34.5 Å². The Morgan fingerprint density at radius 1 is 1.35 bits per heavy atom. The molecule has 1 aromatic carbocycles. The fraction of sp³-hybridized carbons (Fsp3) is 0.429. The molecule has 0 saturated carbocycles. The first-order chi connectivity index (χ1) is 9.40. The van der Waals surface area contributed by atoms with Crippen molar-refractivity contribution in [2.75, 3.05) is 16.8 Å². The normalized spacial score (nSPS) is 11.9. The lowest BCUT2D eigenvalue weighted by Crippen LogP contribution is -2.30. The van der Waals surface area contributed by atoms with Crippen molar-refractivity contribution in [2.24, 2.45) is 5.73 Å². The number of carboxylic acid groups (broad SMARTS) is 1. The molecule has 1 aromatic rings. The average Bonchev–Trinajstić information content (AvgIpc) is 2.38. The molecular weight excluding hydrogens is 276 g/mol. The Kier molecular flexibility index (Phi) is 6.54. The summed E-state index contributed by atoms with van der Waals surface area (Å²) in [5.41, 5.74) is 8.46. The van der Waals surface area contributed by atoms with E-state index in [9.17, 15) is 9.59 Å². The van der Waals surface area contributed by atoms with Crippen LogP contribution in [0.4, 0.5) is 5.69 Å². The summed E-state index contributed by atoms with van der Waals surface area (Å²) in [6, 6.07) is 4.90. The Morgan fingerprint density at radius 2 is 2.05 bits per heavy atom. The third-order valence-electron chi connectivity index (χ3n) is 2.91. The van der Waals surface area contributed by atoms with Gasteiger partial charge in [0.1, 0.15) is 6.04 Å². The number of hydrogen-bond acceptors (Lipinski definition) is 4. The SMILES string of the molecule is Cc1ccc(NC(=O)CSCCC(N)C(=O)O)cc1C. The van der Waals surface area contributed by atoms with Gasteiger partial charge in [-0.25, -0.2) is 0 Å². The van der Waals surface area contributed by atoms with Crippen LogP contribution in [0.1, 0.15) is 17.5 Å². The molecule has 0 saturated heterocycles. The summed E-state index contributed by atoms with van der Waals surface area (Å²) in [6.45, 7) is 4.01. The first-order valence-corrected chi connectivity index (χ1v) is 7.49. The average molecular weight is 296 g/mol. The molecule has 0 radical (unpaired) electrons. The first kappa shape index (κ1) is 16.5. The summed E-state index contributed by atoms with van der Waals surface area (Å²) < 4.78 is 0. The van der Waals surface area contributed by atoms with Gasteiger partial charge < -0.3 is 16.2 Å². The van der Waals surface area contributed by atoms with Crippen LogP contribution in [0.3, 0.4) is 0 Å². The number of carboxylic acids is 1. The molecule has 0 bridgehead atoms.